The largest absolute Gasteiger partial charge is 0.491 e. The number of aryl methyl sites for hydroxylation is 2. The average Bonchev–Trinajstić information content (AvgIpc) is 3.54. The van der Waals surface area contributed by atoms with Crippen LogP contribution in [-0.2, 0) is 39.0 Å². The van der Waals surface area contributed by atoms with Gasteiger partial charge in [-0.2, -0.15) is 0 Å². The van der Waals surface area contributed by atoms with Gasteiger partial charge in [-0.05, 0) is 115 Å². The molecule has 4 aromatic rings. The van der Waals surface area contributed by atoms with E-state index in [2.05, 4.69) is 64.0 Å². The lowest BCUT2D eigenvalue weighted by atomic mass is 9.89. The molecule has 0 unspecified atom stereocenters. The Hall–Kier alpha value is -4.21. The summed E-state index contributed by atoms with van der Waals surface area (Å²) in [6, 6.07) is 20.2. The molecule has 3 heterocycles. The molecule has 258 valence electrons. The minimum absolute atomic E-state index is 0.0964. The smallest absolute Gasteiger partial charge is 0.251 e. The van der Waals surface area contributed by atoms with Crippen molar-refractivity contribution in [2.75, 3.05) is 43.1 Å². The zero-order valence-electron chi connectivity index (χ0n) is 28.8. The van der Waals surface area contributed by atoms with Gasteiger partial charge in [0.25, 0.3) is 5.91 Å². The number of imidazole rings is 1. The number of carbonyl (C=O) groups is 1. The Bertz CT molecular complexity index is 1760. The van der Waals surface area contributed by atoms with Crippen molar-refractivity contribution >= 4 is 34.2 Å². The second kappa shape index (κ2) is 16.9. The average molecular weight is 681 g/mol. The van der Waals surface area contributed by atoms with Crippen molar-refractivity contribution in [1.29, 1.82) is 0 Å². The molecule has 0 spiro atoms. The second-order valence-electron chi connectivity index (χ2n) is 12.8. The van der Waals surface area contributed by atoms with Gasteiger partial charge in [-0.15, -0.1) is 0 Å². The Morgan fingerprint density at radius 2 is 1.71 bits per heavy atom. The number of carbonyl (C=O) groups excluding carboxylic acids is 1. The summed E-state index contributed by atoms with van der Waals surface area (Å²) in [5, 5.41) is 3.11. The fourth-order valence-electron chi connectivity index (χ4n) is 6.61. The first-order valence-electron chi connectivity index (χ1n) is 17.7. The summed E-state index contributed by atoms with van der Waals surface area (Å²) in [5.74, 6) is 1.14. The van der Waals surface area contributed by atoms with Gasteiger partial charge >= 0.3 is 0 Å². The maximum absolute atomic E-state index is 13.7. The van der Waals surface area contributed by atoms with Crippen molar-refractivity contribution in [3.8, 4) is 16.9 Å². The Labute approximate surface area is 293 Å². The molecule has 0 fully saturated rings. The summed E-state index contributed by atoms with van der Waals surface area (Å²) < 4.78 is 26.7. The van der Waals surface area contributed by atoms with Gasteiger partial charge in [-0.3, -0.25) is 9.00 Å². The van der Waals surface area contributed by atoms with Crippen molar-refractivity contribution in [2.24, 2.45) is 0 Å². The number of unbranched alkanes of at least 4 members (excludes halogenated alkanes) is 1. The number of rotatable bonds is 15. The first kappa shape index (κ1) is 34.6. The zero-order valence-corrected chi connectivity index (χ0v) is 29.6. The number of benzene rings is 3. The number of nitrogens with one attached hydrogen (secondary N) is 1. The minimum Gasteiger partial charge on any atom is -0.491 e. The van der Waals surface area contributed by atoms with E-state index in [0.29, 0.717) is 31.1 Å². The van der Waals surface area contributed by atoms with Gasteiger partial charge in [-0.25, -0.2) is 4.98 Å². The summed E-state index contributed by atoms with van der Waals surface area (Å²) in [6.07, 6.45) is 12.6. The third-order valence-electron chi connectivity index (χ3n) is 9.15. The highest BCUT2D eigenvalue weighted by molar-refractivity contribution is 7.84. The molecule has 6 rings (SSSR count). The molecule has 1 N–H and O–H groups in total. The van der Waals surface area contributed by atoms with Crippen LogP contribution < -0.4 is 15.0 Å². The molecule has 0 saturated carbocycles. The van der Waals surface area contributed by atoms with Crippen molar-refractivity contribution in [3.05, 3.63) is 95.6 Å². The third kappa shape index (κ3) is 8.88. The maximum atomic E-state index is 13.7. The Morgan fingerprint density at radius 3 is 2.49 bits per heavy atom. The standard InChI is InChI=1S/C40H48N4O4S/c1-3-5-21-47-22-23-48-37-14-10-30(11-15-37)33-24-31-8-6-19-43-20-7-9-32(25-34(26-33)39(31)43)40(45)42-35-12-16-38(17-13-35)49(46)28-36-27-41-29-44(36)18-4-2/h10-17,24-27,29H,3-9,18-23,28H2,1-2H3,(H,42,45)/t49-/m0/s1. The second-order valence-corrected chi connectivity index (χ2v) is 14.3. The summed E-state index contributed by atoms with van der Waals surface area (Å²) in [5.41, 5.74) is 8.37. The minimum atomic E-state index is -1.21. The van der Waals surface area contributed by atoms with Crippen LogP contribution in [0.2, 0.25) is 0 Å². The van der Waals surface area contributed by atoms with Crippen LogP contribution >= 0.6 is 0 Å². The first-order chi connectivity index (χ1) is 24.0. The molecule has 1 atom stereocenters. The van der Waals surface area contributed by atoms with Gasteiger partial charge in [0, 0.05) is 54.3 Å². The molecule has 0 bridgehead atoms. The highest BCUT2D eigenvalue weighted by atomic mass is 32.2. The summed E-state index contributed by atoms with van der Waals surface area (Å²) in [4.78, 5) is 21.1. The van der Waals surface area contributed by atoms with E-state index in [0.717, 1.165) is 103 Å². The van der Waals surface area contributed by atoms with Crippen LogP contribution in [0.4, 0.5) is 11.4 Å². The van der Waals surface area contributed by atoms with Gasteiger partial charge in [0.05, 0.1) is 35.2 Å². The van der Waals surface area contributed by atoms with Crippen molar-refractivity contribution < 1.29 is 18.5 Å². The lowest BCUT2D eigenvalue weighted by Crippen LogP contribution is -2.32. The summed E-state index contributed by atoms with van der Waals surface area (Å²) >= 11 is 0. The Balaban J connectivity index is 1.16. The Kier molecular flexibility index (Phi) is 12.0. The van der Waals surface area contributed by atoms with Gasteiger partial charge in [0.15, 0.2) is 0 Å². The van der Waals surface area contributed by atoms with Gasteiger partial charge in [0.2, 0.25) is 0 Å². The van der Waals surface area contributed by atoms with Crippen LogP contribution in [-0.4, -0.2) is 52.6 Å². The molecular formula is C40H48N4O4S. The molecule has 0 radical (unpaired) electrons. The molecule has 49 heavy (non-hydrogen) atoms. The van der Waals surface area contributed by atoms with E-state index >= 15 is 0 Å². The topological polar surface area (TPSA) is 85.7 Å². The molecule has 2 aliphatic rings. The van der Waals surface area contributed by atoms with Gasteiger partial charge < -0.3 is 24.3 Å². The molecule has 0 aliphatic carbocycles. The lowest BCUT2D eigenvalue weighted by Gasteiger charge is -2.35. The van der Waals surface area contributed by atoms with E-state index in [9.17, 15) is 9.00 Å². The normalized spacial score (nSPS) is 14.7. The number of nitrogens with zero attached hydrogens (tertiary/aromatic N) is 3. The van der Waals surface area contributed by atoms with Crippen molar-refractivity contribution in [1.82, 2.24) is 9.55 Å². The molecule has 8 nitrogen and oxygen atoms in total. The van der Waals surface area contributed by atoms with Crippen LogP contribution in [0.15, 0.2) is 83.7 Å². The number of aromatic nitrogens is 2. The van der Waals surface area contributed by atoms with E-state index in [1.807, 2.05) is 36.4 Å². The predicted octanol–water partition coefficient (Wildman–Crippen LogP) is 8.03. The molecule has 3 aromatic carbocycles. The number of ether oxygens (including phenoxy) is 2. The third-order valence-corrected chi connectivity index (χ3v) is 10.5. The Morgan fingerprint density at radius 1 is 0.918 bits per heavy atom. The van der Waals surface area contributed by atoms with E-state index in [1.165, 1.54) is 11.3 Å². The van der Waals surface area contributed by atoms with E-state index in [4.69, 9.17) is 9.47 Å². The fourth-order valence-corrected chi connectivity index (χ4v) is 7.72. The van der Waals surface area contributed by atoms with Crippen LogP contribution in [0.1, 0.15) is 69.2 Å². The molecule has 9 heteroatoms. The number of anilines is 2. The van der Waals surface area contributed by atoms with E-state index in [1.54, 1.807) is 12.5 Å². The molecular weight excluding hydrogens is 633 g/mol. The molecule has 1 amide bonds. The first-order valence-corrected chi connectivity index (χ1v) is 19.1. The predicted molar refractivity (Wildman–Crippen MR) is 199 cm³/mol. The van der Waals surface area contributed by atoms with E-state index in [-0.39, 0.29) is 5.91 Å². The lowest BCUT2D eigenvalue weighted by molar-refractivity contribution is -0.112. The molecule has 0 saturated heterocycles. The van der Waals surface area contributed by atoms with Gasteiger partial charge in [-0.1, -0.05) is 32.4 Å². The maximum Gasteiger partial charge on any atom is 0.251 e. The van der Waals surface area contributed by atoms with Crippen molar-refractivity contribution in [3.63, 3.8) is 0 Å². The van der Waals surface area contributed by atoms with Crippen LogP contribution in [0, 0.1) is 0 Å². The van der Waals surface area contributed by atoms with E-state index < -0.39 is 10.8 Å². The number of hydrogen-bond acceptors (Lipinski definition) is 6. The highest BCUT2D eigenvalue weighted by Gasteiger charge is 2.24. The zero-order chi connectivity index (χ0) is 34.0. The quantitative estimate of drug-likeness (QED) is 0.128. The van der Waals surface area contributed by atoms with Gasteiger partial charge in [0.1, 0.15) is 12.4 Å². The molecule has 1 aromatic heterocycles. The van der Waals surface area contributed by atoms with Crippen LogP contribution in [0.25, 0.3) is 17.2 Å². The number of hydrogen-bond donors (Lipinski definition) is 1. The monoisotopic (exact) mass is 680 g/mol. The highest BCUT2D eigenvalue weighted by Crippen LogP contribution is 2.39. The van der Waals surface area contributed by atoms with Crippen molar-refractivity contribution in [2.45, 2.75) is 76.0 Å². The van der Waals surface area contributed by atoms with Crippen LogP contribution in [0.3, 0.4) is 0 Å². The summed E-state index contributed by atoms with van der Waals surface area (Å²) in [7, 11) is -1.21. The molecule has 2 aliphatic heterocycles. The summed E-state index contributed by atoms with van der Waals surface area (Å²) in [6.45, 7) is 9.00. The fraction of sp³-hybridized carbons (Fsp3) is 0.400. The SMILES string of the molecule is CCCCOCCOc1ccc(-c2cc3c4c(c2)CCCN4CCCC(C(=O)Nc2ccc([S@@](=O)Cc4cncn4CCC)cc2)=C3)cc1. The number of amides is 1. The van der Waals surface area contributed by atoms with Crippen LogP contribution in [0.5, 0.6) is 5.75 Å².